The van der Waals surface area contributed by atoms with Gasteiger partial charge in [0.2, 0.25) is 0 Å². The van der Waals surface area contributed by atoms with Crippen LogP contribution in [0.2, 0.25) is 0 Å². The minimum atomic E-state index is 0.0797. The first-order valence-corrected chi connectivity index (χ1v) is 6.91. The Morgan fingerprint density at radius 2 is 1.40 bits per heavy atom. The Morgan fingerprint density at radius 1 is 0.900 bits per heavy atom. The van der Waals surface area contributed by atoms with E-state index in [1.807, 2.05) is 24.3 Å². The van der Waals surface area contributed by atoms with Crippen LogP contribution in [-0.2, 0) is 6.42 Å². The maximum atomic E-state index is 11.2. The number of rotatable bonds is 3. The van der Waals surface area contributed by atoms with Gasteiger partial charge in [-0.25, -0.2) is 0 Å². The molecule has 0 fully saturated rings. The fraction of sp³-hybridized carbons (Fsp3) is 0.211. The van der Waals surface area contributed by atoms with Crippen LogP contribution < -0.4 is 0 Å². The Balaban J connectivity index is 2.11. The van der Waals surface area contributed by atoms with Gasteiger partial charge in [-0.05, 0) is 43.2 Å². The molecule has 0 bridgehead atoms. The molecule has 20 heavy (non-hydrogen) atoms. The van der Waals surface area contributed by atoms with Gasteiger partial charge in [-0.15, -0.1) is 0 Å². The second-order valence-electron chi connectivity index (χ2n) is 4.83. The first kappa shape index (κ1) is 14.1. The normalized spacial score (nSPS) is 9.70. The van der Waals surface area contributed by atoms with Crippen LogP contribution in [0.1, 0.15) is 47.3 Å². The molecule has 0 aliphatic heterocycles. The van der Waals surface area contributed by atoms with Crippen LogP contribution in [-0.4, -0.2) is 5.78 Å². The average Bonchev–Trinajstić information content (AvgIpc) is 2.47. The number of aryl methyl sites for hydroxylation is 1. The van der Waals surface area contributed by atoms with Crippen LogP contribution in [0.5, 0.6) is 0 Å². The van der Waals surface area contributed by atoms with Crippen molar-refractivity contribution in [1.29, 1.82) is 0 Å². The van der Waals surface area contributed by atoms with E-state index in [0.717, 1.165) is 29.5 Å². The summed E-state index contributed by atoms with van der Waals surface area (Å²) in [5.41, 5.74) is 4.01. The van der Waals surface area contributed by atoms with E-state index in [4.69, 9.17) is 0 Å². The molecule has 0 aliphatic rings. The number of carbonyl (C=O) groups is 1. The van der Waals surface area contributed by atoms with Crippen LogP contribution in [0, 0.1) is 11.8 Å². The van der Waals surface area contributed by atoms with Gasteiger partial charge in [0.25, 0.3) is 0 Å². The predicted octanol–water partition coefficient (Wildman–Crippen LogP) is 4.24. The molecule has 2 rings (SSSR count). The van der Waals surface area contributed by atoms with Crippen molar-refractivity contribution in [3.63, 3.8) is 0 Å². The number of Topliss-reactive ketones (excluding diaryl/α,β-unsaturated/α-hetero) is 1. The van der Waals surface area contributed by atoms with Gasteiger partial charge in [-0.1, -0.05) is 49.5 Å². The second kappa shape index (κ2) is 6.73. The molecule has 0 aliphatic carbocycles. The zero-order valence-corrected chi connectivity index (χ0v) is 11.9. The monoisotopic (exact) mass is 262 g/mol. The van der Waals surface area contributed by atoms with Crippen LogP contribution in [0.3, 0.4) is 0 Å². The molecule has 2 aromatic rings. The molecule has 0 amide bonds. The Kier molecular flexibility index (Phi) is 4.74. The van der Waals surface area contributed by atoms with E-state index in [1.54, 1.807) is 6.92 Å². The smallest absolute Gasteiger partial charge is 0.159 e. The third-order valence-corrected chi connectivity index (χ3v) is 3.14. The van der Waals surface area contributed by atoms with Crippen molar-refractivity contribution >= 4 is 5.78 Å². The van der Waals surface area contributed by atoms with Crippen molar-refractivity contribution in [3.8, 4) is 11.8 Å². The van der Waals surface area contributed by atoms with Gasteiger partial charge in [0, 0.05) is 16.7 Å². The highest BCUT2D eigenvalue weighted by Crippen LogP contribution is 2.07. The fourth-order valence-corrected chi connectivity index (χ4v) is 1.98. The SMILES string of the molecule is CCCc1ccc(C#Cc2ccc(C(C)=O)cc2)cc1. The van der Waals surface area contributed by atoms with Crippen molar-refractivity contribution in [1.82, 2.24) is 0 Å². The first-order valence-electron chi connectivity index (χ1n) is 6.91. The van der Waals surface area contributed by atoms with Crippen LogP contribution in [0.25, 0.3) is 0 Å². The van der Waals surface area contributed by atoms with Gasteiger partial charge in [0.05, 0.1) is 0 Å². The molecule has 100 valence electrons. The van der Waals surface area contributed by atoms with E-state index in [0.29, 0.717) is 0 Å². The van der Waals surface area contributed by atoms with Gasteiger partial charge in [-0.2, -0.15) is 0 Å². The second-order valence-corrected chi connectivity index (χ2v) is 4.83. The minimum absolute atomic E-state index is 0.0797. The molecule has 2 aromatic carbocycles. The Bertz CT molecular complexity index is 637. The summed E-state index contributed by atoms with van der Waals surface area (Å²) in [5, 5.41) is 0. The summed E-state index contributed by atoms with van der Waals surface area (Å²) >= 11 is 0. The molecule has 1 nitrogen and oxygen atoms in total. The highest BCUT2D eigenvalue weighted by Gasteiger charge is 1.97. The van der Waals surface area contributed by atoms with E-state index in [9.17, 15) is 4.79 Å². The molecule has 0 spiro atoms. The van der Waals surface area contributed by atoms with Crippen LogP contribution in [0.4, 0.5) is 0 Å². The summed E-state index contributed by atoms with van der Waals surface area (Å²) in [4.78, 5) is 11.2. The summed E-state index contributed by atoms with van der Waals surface area (Å²) < 4.78 is 0. The highest BCUT2D eigenvalue weighted by atomic mass is 16.1. The van der Waals surface area contributed by atoms with E-state index in [2.05, 4.69) is 43.0 Å². The minimum Gasteiger partial charge on any atom is -0.295 e. The van der Waals surface area contributed by atoms with Gasteiger partial charge in [0.1, 0.15) is 0 Å². The van der Waals surface area contributed by atoms with Gasteiger partial charge in [0.15, 0.2) is 5.78 Å². The van der Waals surface area contributed by atoms with Crippen molar-refractivity contribution in [2.24, 2.45) is 0 Å². The lowest BCUT2D eigenvalue weighted by Gasteiger charge is -1.98. The molecule has 0 N–H and O–H groups in total. The van der Waals surface area contributed by atoms with E-state index in [1.165, 1.54) is 5.56 Å². The maximum Gasteiger partial charge on any atom is 0.159 e. The van der Waals surface area contributed by atoms with Gasteiger partial charge >= 0.3 is 0 Å². The molecular weight excluding hydrogens is 244 g/mol. The lowest BCUT2D eigenvalue weighted by Crippen LogP contribution is -1.90. The molecule has 0 unspecified atom stereocenters. The summed E-state index contributed by atoms with van der Waals surface area (Å²) in [5.74, 6) is 6.34. The third kappa shape index (κ3) is 3.83. The molecule has 0 saturated carbocycles. The Labute approximate surface area is 120 Å². The van der Waals surface area contributed by atoms with Crippen molar-refractivity contribution in [3.05, 3.63) is 70.8 Å². The van der Waals surface area contributed by atoms with Gasteiger partial charge < -0.3 is 0 Å². The number of hydrogen-bond donors (Lipinski definition) is 0. The van der Waals surface area contributed by atoms with Crippen molar-refractivity contribution in [2.45, 2.75) is 26.7 Å². The molecule has 0 radical (unpaired) electrons. The fourth-order valence-electron chi connectivity index (χ4n) is 1.98. The summed E-state index contributed by atoms with van der Waals surface area (Å²) in [6, 6.07) is 15.8. The van der Waals surface area contributed by atoms with Gasteiger partial charge in [-0.3, -0.25) is 4.79 Å². The summed E-state index contributed by atoms with van der Waals surface area (Å²) in [6.07, 6.45) is 2.27. The van der Waals surface area contributed by atoms with E-state index >= 15 is 0 Å². The molecule has 0 aromatic heterocycles. The first-order chi connectivity index (χ1) is 9.69. The number of ketones is 1. The van der Waals surface area contributed by atoms with Crippen molar-refractivity contribution in [2.75, 3.05) is 0 Å². The molecule has 0 heterocycles. The van der Waals surface area contributed by atoms with Crippen LogP contribution >= 0.6 is 0 Å². The highest BCUT2D eigenvalue weighted by molar-refractivity contribution is 5.94. The summed E-state index contributed by atoms with van der Waals surface area (Å²) in [6.45, 7) is 3.75. The quantitative estimate of drug-likeness (QED) is 0.597. The maximum absolute atomic E-state index is 11.2. The molecule has 1 heteroatoms. The lowest BCUT2D eigenvalue weighted by molar-refractivity contribution is 0.101. The van der Waals surface area contributed by atoms with Crippen LogP contribution in [0.15, 0.2) is 48.5 Å². The van der Waals surface area contributed by atoms with E-state index < -0.39 is 0 Å². The zero-order valence-electron chi connectivity index (χ0n) is 11.9. The standard InChI is InChI=1S/C19H18O/c1-3-4-16-5-7-17(8-6-16)9-10-18-11-13-19(14-12-18)15(2)20/h5-8,11-14H,3-4H2,1-2H3. The van der Waals surface area contributed by atoms with Crippen molar-refractivity contribution < 1.29 is 4.79 Å². The van der Waals surface area contributed by atoms with E-state index in [-0.39, 0.29) is 5.78 Å². The topological polar surface area (TPSA) is 17.1 Å². The lowest BCUT2D eigenvalue weighted by atomic mass is 10.1. The number of hydrogen-bond acceptors (Lipinski definition) is 1. The predicted molar refractivity (Wildman–Crippen MR) is 82.9 cm³/mol. The average molecular weight is 262 g/mol. The molecule has 0 saturated heterocycles. The largest absolute Gasteiger partial charge is 0.295 e. The third-order valence-electron chi connectivity index (χ3n) is 3.14. The number of benzene rings is 2. The Hall–Kier alpha value is -2.33. The molecule has 0 atom stereocenters. The Morgan fingerprint density at radius 3 is 1.85 bits per heavy atom. The summed E-state index contributed by atoms with van der Waals surface area (Å²) in [7, 11) is 0. The zero-order chi connectivity index (χ0) is 14.4. The number of carbonyl (C=O) groups excluding carboxylic acids is 1. The molecular formula is C19H18O.